The van der Waals surface area contributed by atoms with E-state index in [1.165, 1.54) is 41.7 Å². The van der Waals surface area contributed by atoms with Crippen molar-refractivity contribution < 1.29 is 22.8 Å². The van der Waals surface area contributed by atoms with E-state index in [1.807, 2.05) is 0 Å². The molecule has 0 fully saturated rings. The summed E-state index contributed by atoms with van der Waals surface area (Å²) < 4.78 is 27.1. The lowest BCUT2D eigenvalue weighted by molar-refractivity contribution is 0.0925. The maximum atomic E-state index is 12.8. The van der Waals surface area contributed by atoms with Crippen LogP contribution >= 0.6 is 11.3 Å². The summed E-state index contributed by atoms with van der Waals surface area (Å²) in [5, 5.41) is 3.04. The molecule has 11 heteroatoms. The number of nitrogens with one attached hydrogen (secondary N) is 1. The van der Waals surface area contributed by atoms with Gasteiger partial charge in [-0.3, -0.25) is 19.7 Å². The zero-order valence-corrected chi connectivity index (χ0v) is 20.9. The fraction of sp³-hybridized carbons (Fsp3) is 0.120. The van der Waals surface area contributed by atoms with Crippen LogP contribution in [0.2, 0.25) is 0 Å². The van der Waals surface area contributed by atoms with Crippen molar-refractivity contribution in [2.24, 2.45) is 0 Å². The molecule has 182 valence electrons. The second kappa shape index (κ2) is 8.94. The van der Waals surface area contributed by atoms with Crippen LogP contribution in [0.4, 0.5) is 10.8 Å². The Morgan fingerprint density at radius 2 is 1.64 bits per heavy atom. The van der Waals surface area contributed by atoms with Gasteiger partial charge in [0.2, 0.25) is 10.0 Å². The Kier molecular flexibility index (Phi) is 5.91. The van der Waals surface area contributed by atoms with Gasteiger partial charge in [-0.05, 0) is 54.6 Å². The number of aromatic nitrogens is 1. The van der Waals surface area contributed by atoms with Gasteiger partial charge in [0.1, 0.15) is 0 Å². The first-order valence-electron chi connectivity index (χ1n) is 11.0. The van der Waals surface area contributed by atoms with Crippen molar-refractivity contribution in [3.63, 3.8) is 0 Å². The standard InChI is InChI=1S/C25H20N4O5S2/c1-3-28(2)36(33,34)17-12-13-20-21(14-17)35-25(26-20)27-22(30)15-8-10-16(11-9-15)29-23(31)18-6-4-5-7-19(18)24(29)32/h4-14H,3H2,1-2H3,(H,26,27,30). The molecule has 36 heavy (non-hydrogen) atoms. The first kappa shape index (κ1) is 23.8. The predicted octanol–water partition coefficient (Wildman–Crippen LogP) is 3.99. The van der Waals surface area contributed by atoms with Crippen molar-refractivity contribution in [3.8, 4) is 0 Å². The maximum absolute atomic E-state index is 12.8. The van der Waals surface area contributed by atoms with Gasteiger partial charge in [-0.1, -0.05) is 30.4 Å². The van der Waals surface area contributed by atoms with E-state index in [0.29, 0.717) is 44.3 Å². The number of nitrogens with zero attached hydrogens (tertiary/aromatic N) is 3. The summed E-state index contributed by atoms with van der Waals surface area (Å²) in [6.07, 6.45) is 0. The largest absolute Gasteiger partial charge is 0.298 e. The second-order valence-electron chi connectivity index (χ2n) is 8.06. The average molecular weight is 521 g/mol. The Balaban J connectivity index is 1.34. The number of rotatable bonds is 6. The highest BCUT2D eigenvalue weighted by molar-refractivity contribution is 7.89. The van der Waals surface area contributed by atoms with Crippen LogP contribution in [0, 0.1) is 0 Å². The lowest BCUT2D eigenvalue weighted by Gasteiger charge is -2.14. The normalized spacial score (nSPS) is 13.5. The first-order chi connectivity index (χ1) is 17.2. The van der Waals surface area contributed by atoms with Crippen LogP contribution in [0.15, 0.2) is 71.6 Å². The van der Waals surface area contributed by atoms with E-state index in [1.54, 1.807) is 43.3 Å². The van der Waals surface area contributed by atoms with E-state index in [2.05, 4.69) is 10.3 Å². The molecule has 5 rings (SSSR count). The number of imide groups is 1. The number of hydrogen-bond acceptors (Lipinski definition) is 7. The molecular formula is C25H20N4O5S2. The summed E-state index contributed by atoms with van der Waals surface area (Å²) in [4.78, 5) is 43.7. The van der Waals surface area contributed by atoms with Crippen molar-refractivity contribution in [2.75, 3.05) is 23.8 Å². The highest BCUT2D eigenvalue weighted by Gasteiger charge is 2.36. The highest BCUT2D eigenvalue weighted by atomic mass is 32.2. The van der Waals surface area contributed by atoms with Crippen LogP contribution in [0.1, 0.15) is 38.0 Å². The summed E-state index contributed by atoms with van der Waals surface area (Å²) in [6.45, 7) is 2.10. The van der Waals surface area contributed by atoms with Crippen LogP contribution < -0.4 is 10.2 Å². The van der Waals surface area contributed by atoms with Gasteiger partial charge in [0.25, 0.3) is 17.7 Å². The Morgan fingerprint density at radius 3 is 2.25 bits per heavy atom. The second-order valence-corrected chi connectivity index (χ2v) is 11.1. The van der Waals surface area contributed by atoms with Crippen molar-refractivity contribution in [1.29, 1.82) is 0 Å². The molecule has 0 bridgehead atoms. The van der Waals surface area contributed by atoms with Crippen molar-refractivity contribution in [2.45, 2.75) is 11.8 Å². The molecule has 1 N–H and O–H groups in total. The van der Waals surface area contributed by atoms with Crippen LogP contribution in [0.5, 0.6) is 0 Å². The topological polar surface area (TPSA) is 117 Å². The van der Waals surface area contributed by atoms with Crippen LogP contribution in [0.3, 0.4) is 0 Å². The van der Waals surface area contributed by atoms with Gasteiger partial charge in [0, 0.05) is 19.2 Å². The van der Waals surface area contributed by atoms with Gasteiger partial charge in [-0.15, -0.1) is 0 Å². The van der Waals surface area contributed by atoms with E-state index in [4.69, 9.17) is 0 Å². The molecule has 1 aromatic heterocycles. The zero-order chi connectivity index (χ0) is 25.6. The van der Waals surface area contributed by atoms with E-state index < -0.39 is 27.7 Å². The minimum Gasteiger partial charge on any atom is -0.298 e. The third kappa shape index (κ3) is 3.96. The van der Waals surface area contributed by atoms with E-state index in [9.17, 15) is 22.8 Å². The molecule has 3 amide bonds. The molecule has 0 unspecified atom stereocenters. The van der Waals surface area contributed by atoms with Crippen LogP contribution in [0.25, 0.3) is 10.2 Å². The summed E-state index contributed by atoms with van der Waals surface area (Å²) in [5.41, 5.74) is 1.93. The Hall–Kier alpha value is -3.93. The number of carbonyl (C=O) groups is 3. The number of amides is 3. The van der Waals surface area contributed by atoms with Gasteiger partial charge < -0.3 is 0 Å². The summed E-state index contributed by atoms with van der Waals surface area (Å²) in [7, 11) is -2.09. The van der Waals surface area contributed by atoms with E-state index in [-0.39, 0.29) is 4.90 Å². The molecule has 3 aromatic carbocycles. The van der Waals surface area contributed by atoms with E-state index >= 15 is 0 Å². The number of sulfonamides is 1. The SMILES string of the molecule is CCN(C)S(=O)(=O)c1ccc2nc(NC(=O)c3ccc(N4C(=O)c5ccccc5C4=O)cc3)sc2c1. The predicted molar refractivity (Wildman–Crippen MR) is 137 cm³/mol. The average Bonchev–Trinajstić information content (AvgIpc) is 3.40. The van der Waals surface area contributed by atoms with E-state index in [0.717, 1.165) is 16.2 Å². The van der Waals surface area contributed by atoms with Gasteiger partial charge in [0.15, 0.2) is 5.13 Å². The number of benzene rings is 3. The molecule has 0 saturated heterocycles. The van der Waals surface area contributed by atoms with Gasteiger partial charge in [0.05, 0.1) is 31.9 Å². The van der Waals surface area contributed by atoms with Crippen molar-refractivity contribution in [3.05, 3.63) is 83.4 Å². The minimum atomic E-state index is -3.60. The highest BCUT2D eigenvalue weighted by Crippen LogP contribution is 2.31. The molecule has 0 radical (unpaired) electrons. The van der Waals surface area contributed by atoms with Crippen LogP contribution in [-0.2, 0) is 10.0 Å². The third-order valence-corrected chi connectivity index (χ3v) is 8.78. The fourth-order valence-electron chi connectivity index (χ4n) is 3.82. The zero-order valence-electron chi connectivity index (χ0n) is 19.3. The smallest absolute Gasteiger partial charge is 0.266 e. The molecule has 0 saturated carbocycles. The Labute approximate surface area is 211 Å². The number of hydrogen-bond donors (Lipinski definition) is 1. The molecule has 4 aromatic rings. The summed E-state index contributed by atoms with van der Waals surface area (Å²) in [5.74, 6) is -1.25. The monoisotopic (exact) mass is 520 g/mol. The third-order valence-electron chi connectivity index (χ3n) is 5.92. The molecule has 1 aliphatic rings. The molecule has 0 atom stereocenters. The molecule has 2 heterocycles. The Bertz CT molecular complexity index is 1610. The lowest BCUT2D eigenvalue weighted by Crippen LogP contribution is -2.29. The summed E-state index contributed by atoms with van der Waals surface area (Å²) >= 11 is 1.16. The van der Waals surface area contributed by atoms with Crippen molar-refractivity contribution in [1.82, 2.24) is 9.29 Å². The molecular weight excluding hydrogens is 500 g/mol. The Morgan fingerprint density at radius 1 is 1.00 bits per heavy atom. The quantitative estimate of drug-likeness (QED) is 0.384. The first-order valence-corrected chi connectivity index (χ1v) is 13.2. The number of anilines is 2. The number of thiazole rings is 1. The van der Waals surface area contributed by atoms with Gasteiger partial charge in [-0.25, -0.2) is 22.6 Å². The molecule has 0 spiro atoms. The molecule has 1 aliphatic heterocycles. The molecule has 9 nitrogen and oxygen atoms in total. The number of carbonyl (C=O) groups excluding carboxylic acids is 3. The molecule has 0 aliphatic carbocycles. The maximum Gasteiger partial charge on any atom is 0.266 e. The minimum absolute atomic E-state index is 0.157. The van der Waals surface area contributed by atoms with Gasteiger partial charge in [-0.2, -0.15) is 0 Å². The van der Waals surface area contributed by atoms with Gasteiger partial charge >= 0.3 is 0 Å². The lowest BCUT2D eigenvalue weighted by atomic mass is 10.1. The fourth-order valence-corrected chi connectivity index (χ4v) is 6.01. The van der Waals surface area contributed by atoms with Crippen molar-refractivity contribution >= 4 is 60.1 Å². The van der Waals surface area contributed by atoms with Crippen LogP contribution in [-0.4, -0.2) is 49.0 Å². The summed E-state index contributed by atoms with van der Waals surface area (Å²) in [6, 6.07) is 17.4. The number of fused-ring (bicyclic) bond motifs is 2.